The lowest BCUT2D eigenvalue weighted by atomic mass is 9.75. The molecule has 0 aromatic rings. The van der Waals surface area contributed by atoms with Gasteiger partial charge in [0.05, 0.1) is 6.10 Å². The van der Waals surface area contributed by atoms with Crippen molar-refractivity contribution in [1.29, 1.82) is 0 Å². The first-order valence-corrected chi connectivity index (χ1v) is 6.72. The summed E-state index contributed by atoms with van der Waals surface area (Å²) in [7, 11) is 0. The minimum absolute atomic E-state index is 0.101. The van der Waals surface area contributed by atoms with Crippen molar-refractivity contribution in [2.24, 2.45) is 11.8 Å². The fraction of sp³-hybridized carbons (Fsp3) is 1.00. The van der Waals surface area contributed by atoms with Crippen LogP contribution in [0, 0.1) is 11.8 Å². The van der Waals surface area contributed by atoms with E-state index in [0.717, 1.165) is 18.5 Å². The molecule has 2 saturated carbocycles. The zero-order valence-electron chi connectivity index (χ0n) is 9.91. The van der Waals surface area contributed by atoms with Crippen molar-refractivity contribution in [3.05, 3.63) is 0 Å². The highest BCUT2D eigenvalue weighted by Crippen LogP contribution is 2.34. The Labute approximate surface area is 93.5 Å². The lowest BCUT2D eigenvalue weighted by molar-refractivity contribution is 0.0460. The summed E-state index contributed by atoms with van der Waals surface area (Å²) in [5.74, 6) is 1.34. The second kappa shape index (κ2) is 5.31. The Hall–Kier alpha value is -0.0800. The third-order valence-electron chi connectivity index (χ3n) is 4.18. The Balaban J connectivity index is 1.76. The van der Waals surface area contributed by atoms with Crippen LogP contribution in [0.2, 0.25) is 0 Å². The van der Waals surface area contributed by atoms with Crippen molar-refractivity contribution < 1.29 is 5.11 Å². The van der Waals surface area contributed by atoms with Gasteiger partial charge in [-0.05, 0) is 31.1 Å². The Morgan fingerprint density at radius 2 is 1.93 bits per heavy atom. The van der Waals surface area contributed by atoms with Crippen LogP contribution in [0.15, 0.2) is 0 Å². The molecule has 0 spiro atoms. The number of nitrogens with one attached hydrogen (secondary N) is 1. The molecule has 0 aliphatic heterocycles. The van der Waals surface area contributed by atoms with Crippen LogP contribution in [0.3, 0.4) is 0 Å². The molecule has 3 atom stereocenters. The van der Waals surface area contributed by atoms with Crippen LogP contribution in [0.25, 0.3) is 0 Å². The summed E-state index contributed by atoms with van der Waals surface area (Å²) in [6.45, 7) is 3.09. The summed E-state index contributed by atoms with van der Waals surface area (Å²) in [5.41, 5.74) is 0. The third kappa shape index (κ3) is 3.18. The molecule has 0 saturated heterocycles. The average Bonchev–Trinajstić information content (AvgIpc) is 3.09. The topological polar surface area (TPSA) is 32.3 Å². The van der Waals surface area contributed by atoms with Gasteiger partial charge in [-0.2, -0.15) is 0 Å². The highest BCUT2D eigenvalue weighted by atomic mass is 16.3. The lowest BCUT2D eigenvalue weighted by Crippen LogP contribution is -2.38. The largest absolute Gasteiger partial charge is 0.392 e. The zero-order valence-corrected chi connectivity index (χ0v) is 9.91. The van der Waals surface area contributed by atoms with Crippen LogP contribution >= 0.6 is 0 Å². The quantitative estimate of drug-likeness (QED) is 0.731. The van der Waals surface area contributed by atoms with Gasteiger partial charge in [-0.25, -0.2) is 0 Å². The van der Waals surface area contributed by atoms with Crippen molar-refractivity contribution >= 4 is 0 Å². The van der Waals surface area contributed by atoms with Crippen LogP contribution in [-0.2, 0) is 0 Å². The SMILES string of the molecule is CCC1CCCCC1C(O)CNC1CC1. The number of rotatable bonds is 5. The van der Waals surface area contributed by atoms with E-state index in [2.05, 4.69) is 12.2 Å². The second-order valence-corrected chi connectivity index (χ2v) is 5.37. The van der Waals surface area contributed by atoms with Gasteiger partial charge < -0.3 is 10.4 Å². The molecular weight excluding hydrogens is 186 g/mol. The van der Waals surface area contributed by atoms with E-state index < -0.39 is 0 Å². The molecule has 88 valence electrons. The number of aliphatic hydroxyl groups is 1. The molecule has 0 aromatic heterocycles. The van der Waals surface area contributed by atoms with Crippen molar-refractivity contribution in [3.8, 4) is 0 Å². The van der Waals surface area contributed by atoms with Gasteiger partial charge in [0.15, 0.2) is 0 Å². The van der Waals surface area contributed by atoms with Crippen LogP contribution in [-0.4, -0.2) is 23.8 Å². The van der Waals surface area contributed by atoms with Gasteiger partial charge in [0.25, 0.3) is 0 Å². The summed E-state index contributed by atoms with van der Waals surface area (Å²) in [5, 5.41) is 13.6. The van der Waals surface area contributed by atoms with Crippen molar-refractivity contribution in [1.82, 2.24) is 5.32 Å². The zero-order chi connectivity index (χ0) is 10.7. The minimum atomic E-state index is -0.101. The predicted molar refractivity (Wildman–Crippen MR) is 62.8 cm³/mol. The molecule has 3 unspecified atom stereocenters. The van der Waals surface area contributed by atoms with E-state index >= 15 is 0 Å². The van der Waals surface area contributed by atoms with Gasteiger partial charge in [-0.3, -0.25) is 0 Å². The molecule has 2 heteroatoms. The Kier molecular flexibility index (Phi) is 4.04. The molecule has 0 amide bonds. The van der Waals surface area contributed by atoms with E-state index in [4.69, 9.17) is 0 Å². The van der Waals surface area contributed by atoms with Crippen LogP contribution in [0.4, 0.5) is 0 Å². The third-order valence-corrected chi connectivity index (χ3v) is 4.18. The molecule has 0 aromatic carbocycles. The molecule has 0 bridgehead atoms. The normalized spacial score (nSPS) is 34.0. The number of aliphatic hydroxyl groups excluding tert-OH is 1. The summed E-state index contributed by atoms with van der Waals surface area (Å²) in [6.07, 6.45) is 9.04. The molecule has 2 N–H and O–H groups in total. The number of hydrogen-bond donors (Lipinski definition) is 2. The molecule has 15 heavy (non-hydrogen) atoms. The van der Waals surface area contributed by atoms with E-state index in [1.165, 1.54) is 44.9 Å². The van der Waals surface area contributed by atoms with Gasteiger partial charge in [-0.15, -0.1) is 0 Å². The summed E-state index contributed by atoms with van der Waals surface area (Å²) in [4.78, 5) is 0. The fourth-order valence-corrected chi connectivity index (χ4v) is 2.98. The van der Waals surface area contributed by atoms with Crippen LogP contribution in [0.5, 0.6) is 0 Å². The van der Waals surface area contributed by atoms with E-state index in [-0.39, 0.29) is 6.10 Å². The first-order valence-electron chi connectivity index (χ1n) is 6.72. The van der Waals surface area contributed by atoms with Crippen molar-refractivity contribution in [3.63, 3.8) is 0 Å². The first kappa shape index (κ1) is 11.4. The van der Waals surface area contributed by atoms with Gasteiger partial charge in [0.1, 0.15) is 0 Å². The van der Waals surface area contributed by atoms with Crippen LogP contribution in [0.1, 0.15) is 51.9 Å². The van der Waals surface area contributed by atoms with Crippen LogP contribution < -0.4 is 5.32 Å². The Bertz CT molecular complexity index is 191. The van der Waals surface area contributed by atoms with Gasteiger partial charge in [0.2, 0.25) is 0 Å². The van der Waals surface area contributed by atoms with Gasteiger partial charge in [-0.1, -0.05) is 32.6 Å². The highest BCUT2D eigenvalue weighted by molar-refractivity contribution is 4.85. The van der Waals surface area contributed by atoms with Crippen molar-refractivity contribution in [2.75, 3.05) is 6.54 Å². The predicted octanol–water partition coefficient (Wildman–Crippen LogP) is 2.32. The standard InChI is InChI=1S/C13H25NO/c1-2-10-5-3-4-6-12(10)13(15)9-14-11-7-8-11/h10-15H,2-9H2,1H3. The molecular formula is C13H25NO. The average molecular weight is 211 g/mol. The monoisotopic (exact) mass is 211 g/mol. The molecule has 2 rings (SSSR count). The molecule has 2 aliphatic rings. The van der Waals surface area contributed by atoms with E-state index in [1.807, 2.05) is 0 Å². The summed E-state index contributed by atoms with van der Waals surface area (Å²) >= 11 is 0. The maximum absolute atomic E-state index is 10.2. The number of hydrogen-bond acceptors (Lipinski definition) is 2. The fourth-order valence-electron chi connectivity index (χ4n) is 2.98. The second-order valence-electron chi connectivity index (χ2n) is 5.37. The highest BCUT2D eigenvalue weighted by Gasteiger charge is 2.30. The smallest absolute Gasteiger partial charge is 0.0695 e. The molecule has 2 aliphatic carbocycles. The Morgan fingerprint density at radius 1 is 1.20 bits per heavy atom. The van der Waals surface area contributed by atoms with Gasteiger partial charge >= 0.3 is 0 Å². The van der Waals surface area contributed by atoms with E-state index in [9.17, 15) is 5.11 Å². The van der Waals surface area contributed by atoms with Crippen molar-refractivity contribution in [2.45, 2.75) is 64.0 Å². The van der Waals surface area contributed by atoms with E-state index in [1.54, 1.807) is 0 Å². The molecule has 2 nitrogen and oxygen atoms in total. The lowest BCUT2D eigenvalue weighted by Gasteiger charge is -2.34. The first-order chi connectivity index (χ1) is 7.31. The minimum Gasteiger partial charge on any atom is -0.392 e. The summed E-state index contributed by atoms with van der Waals surface area (Å²) in [6, 6.07) is 0.725. The van der Waals surface area contributed by atoms with Gasteiger partial charge in [0, 0.05) is 12.6 Å². The molecule has 2 fully saturated rings. The maximum atomic E-state index is 10.2. The molecule has 0 radical (unpaired) electrons. The Morgan fingerprint density at radius 3 is 2.60 bits per heavy atom. The summed E-state index contributed by atoms with van der Waals surface area (Å²) < 4.78 is 0. The maximum Gasteiger partial charge on any atom is 0.0695 e. The van der Waals surface area contributed by atoms with E-state index in [0.29, 0.717) is 5.92 Å². The molecule has 0 heterocycles.